The first-order valence-corrected chi connectivity index (χ1v) is 9.36. The molecule has 1 saturated heterocycles. The monoisotopic (exact) mass is 441 g/mol. The van der Waals surface area contributed by atoms with E-state index in [0.717, 1.165) is 16.7 Å². The average molecular weight is 442 g/mol. The van der Waals surface area contributed by atoms with Crippen molar-refractivity contribution in [1.82, 2.24) is 4.90 Å². The molecule has 0 N–H and O–H groups in total. The molecular weight excluding hydrogens is 429 g/mol. The normalized spacial score (nSPS) is 15.4. The molecular formula is C18H13Cl2NO6S. The molecule has 0 atom stereocenters. The van der Waals surface area contributed by atoms with Crippen molar-refractivity contribution in [1.29, 1.82) is 0 Å². The molecule has 0 unspecified atom stereocenters. The lowest BCUT2D eigenvalue weighted by Crippen LogP contribution is -2.27. The molecule has 1 aliphatic rings. The average Bonchev–Trinajstić information content (AvgIpc) is 3.22. The Labute approximate surface area is 174 Å². The van der Waals surface area contributed by atoms with Crippen molar-refractivity contribution in [2.45, 2.75) is 6.54 Å². The number of hydrogen-bond donors (Lipinski definition) is 0. The van der Waals surface area contributed by atoms with Crippen LogP contribution in [0.1, 0.15) is 21.9 Å². The summed E-state index contributed by atoms with van der Waals surface area (Å²) in [5.74, 6) is -0.544. The predicted molar refractivity (Wildman–Crippen MR) is 105 cm³/mol. The van der Waals surface area contributed by atoms with E-state index in [-0.39, 0.29) is 33.0 Å². The van der Waals surface area contributed by atoms with Crippen molar-refractivity contribution >= 4 is 58.2 Å². The Bertz CT molecular complexity index is 977. The molecule has 0 saturated carbocycles. The van der Waals surface area contributed by atoms with Crippen LogP contribution < -0.4 is 4.74 Å². The summed E-state index contributed by atoms with van der Waals surface area (Å²) in [4.78, 5) is 37.5. The molecule has 0 aliphatic carbocycles. The molecule has 2 amide bonds. The lowest BCUT2D eigenvalue weighted by atomic mass is 10.2. The molecule has 1 aliphatic heterocycles. The van der Waals surface area contributed by atoms with Crippen LogP contribution in [0.25, 0.3) is 6.08 Å². The molecule has 146 valence electrons. The Morgan fingerprint density at radius 3 is 2.50 bits per heavy atom. The van der Waals surface area contributed by atoms with Gasteiger partial charge >= 0.3 is 5.97 Å². The highest BCUT2D eigenvalue weighted by atomic mass is 35.5. The second-order valence-electron chi connectivity index (χ2n) is 5.54. The largest absolute Gasteiger partial charge is 0.494 e. The Balaban J connectivity index is 1.81. The van der Waals surface area contributed by atoms with E-state index in [1.54, 1.807) is 12.1 Å². The Morgan fingerprint density at radius 1 is 1.21 bits per heavy atom. The first-order chi connectivity index (χ1) is 13.3. The minimum atomic E-state index is -0.645. The van der Waals surface area contributed by atoms with Gasteiger partial charge in [0.1, 0.15) is 5.76 Å². The number of esters is 1. The summed E-state index contributed by atoms with van der Waals surface area (Å²) < 4.78 is 15.0. The number of benzene rings is 1. The Kier molecular flexibility index (Phi) is 6.02. The fourth-order valence-corrected chi connectivity index (χ4v) is 3.97. The van der Waals surface area contributed by atoms with Crippen LogP contribution in [-0.4, -0.2) is 36.2 Å². The second kappa shape index (κ2) is 8.30. The quantitative estimate of drug-likeness (QED) is 0.494. The zero-order valence-electron chi connectivity index (χ0n) is 14.7. The summed E-state index contributed by atoms with van der Waals surface area (Å²) in [6.45, 7) is -0.108. The van der Waals surface area contributed by atoms with Crippen LogP contribution in [0.2, 0.25) is 10.0 Å². The molecule has 2 heterocycles. The molecule has 2 aromatic rings. The molecule has 0 bridgehead atoms. The minimum Gasteiger partial charge on any atom is -0.494 e. The van der Waals surface area contributed by atoms with E-state index in [1.165, 1.54) is 32.4 Å². The number of ether oxygens (including phenoxy) is 2. The molecule has 1 aromatic carbocycles. The highest BCUT2D eigenvalue weighted by Crippen LogP contribution is 2.37. The van der Waals surface area contributed by atoms with Gasteiger partial charge in [-0.25, -0.2) is 4.79 Å². The van der Waals surface area contributed by atoms with Crippen molar-refractivity contribution in [2.24, 2.45) is 0 Å². The van der Waals surface area contributed by atoms with E-state index in [2.05, 4.69) is 4.74 Å². The molecule has 1 aromatic heterocycles. The van der Waals surface area contributed by atoms with Gasteiger partial charge in [-0.05, 0) is 47.7 Å². The second-order valence-corrected chi connectivity index (χ2v) is 7.35. The number of halogens is 2. The maximum atomic E-state index is 12.6. The highest BCUT2D eigenvalue weighted by molar-refractivity contribution is 8.18. The van der Waals surface area contributed by atoms with Gasteiger partial charge in [0, 0.05) is 0 Å². The molecule has 0 spiro atoms. The SMILES string of the molecule is COC(=O)c1ccc(CN2C(=O)SC(=Cc3cc(Cl)c(OC)c(Cl)c3)C2=O)o1. The number of methoxy groups -OCH3 is 2. The fourth-order valence-electron chi connectivity index (χ4n) is 2.47. The van der Waals surface area contributed by atoms with Gasteiger partial charge in [0.25, 0.3) is 11.1 Å². The lowest BCUT2D eigenvalue weighted by molar-refractivity contribution is -0.123. The zero-order valence-corrected chi connectivity index (χ0v) is 17.0. The van der Waals surface area contributed by atoms with E-state index < -0.39 is 17.1 Å². The van der Waals surface area contributed by atoms with Crippen molar-refractivity contribution in [3.8, 4) is 5.75 Å². The Hall–Kier alpha value is -2.42. The van der Waals surface area contributed by atoms with Crippen LogP contribution >= 0.6 is 35.0 Å². The number of amides is 2. The van der Waals surface area contributed by atoms with Crippen LogP contribution in [0.15, 0.2) is 33.6 Å². The van der Waals surface area contributed by atoms with Gasteiger partial charge in [-0.1, -0.05) is 23.2 Å². The van der Waals surface area contributed by atoms with Gasteiger partial charge < -0.3 is 13.9 Å². The van der Waals surface area contributed by atoms with Crippen molar-refractivity contribution in [2.75, 3.05) is 14.2 Å². The fraction of sp³-hybridized carbons (Fsp3) is 0.167. The van der Waals surface area contributed by atoms with Gasteiger partial charge in [-0.2, -0.15) is 0 Å². The molecule has 0 radical (unpaired) electrons. The van der Waals surface area contributed by atoms with E-state index in [1.807, 2.05) is 0 Å². The molecule has 1 fully saturated rings. The van der Waals surface area contributed by atoms with Crippen LogP contribution in [0.5, 0.6) is 5.75 Å². The predicted octanol–water partition coefficient (Wildman–Crippen LogP) is 4.62. The summed E-state index contributed by atoms with van der Waals surface area (Å²) in [6.07, 6.45) is 1.52. The van der Waals surface area contributed by atoms with E-state index in [0.29, 0.717) is 11.3 Å². The van der Waals surface area contributed by atoms with Gasteiger partial charge in [0.15, 0.2) is 5.75 Å². The number of nitrogens with zero attached hydrogens (tertiary/aromatic N) is 1. The van der Waals surface area contributed by atoms with Crippen molar-refractivity contribution < 1.29 is 28.3 Å². The van der Waals surface area contributed by atoms with E-state index >= 15 is 0 Å². The first kappa shape index (κ1) is 20.3. The topological polar surface area (TPSA) is 86.0 Å². The van der Waals surface area contributed by atoms with Crippen molar-refractivity contribution in [3.63, 3.8) is 0 Å². The Morgan fingerprint density at radius 2 is 1.89 bits per heavy atom. The van der Waals surface area contributed by atoms with E-state index in [4.69, 9.17) is 32.4 Å². The smallest absolute Gasteiger partial charge is 0.373 e. The summed E-state index contributed by atoms with van der Waals surface area (Å²) >= 11 is 13.0. The summed E-state index contributed by atoms with van der Waals surface area (Å²) in [6, 6.07) is 6.07. The maximum Gasteiger partial charge on any atom is 0.373 e. The zero-order chi connectivity index (χ0) is 20.4. The number of imide groups is 1. The third-order valence-corrected chi connectivity index (χ3v) is 5.23. The number of thioether (sulfide) groups is 1. The van der Waals surface area contributed by atoms with Gasteiger partial charge in [-0.15, -0.1) is 0 Å². The number of carbonyl (C=O) groups is 3. The third-order valence-electron chi connectivity index (χ3n) is 3.76. The lowest BCUT2D eigenvalue weighted by Gasteiger charge is -2.10. The maximum absolute atomic E-state index is 12.6. The van der Waals surface area contributed by atoms with Crippen LogP contribution in [0.3, 0.4) is 0 Å². The van der Waals surface area contributed by atoms with Crippen molar-refractivity contribution in [3.05, 3.63) is 56.3 Å². The first-order valence-electron chi connectivity index (χ1n) is 7.79. The van der Waals surface area contributed by atoms with Gasteiger partial charge in [-0.3, -0.25) is 14.5 Å². The van der Waals surface area contributed by atoms with Crippen LogP contribution in [0, 0.1) is 0 Å². The third kappa shape index (κ3) is 4.04. The molecule has 7 nitrogen and oxygen atoms in total. The number of rotatable bonds is 5. The number of hydrogen-bond acceptors (Lipinski definition) is 7. The molecule has 28 heavy (non-hydrogen) atoms. The standard InChI is InChI=1S/C18H13Cl2NO6S/c1-25-15-11(19)5-9(6-12(15)20)7-14-16(22)21(18(24)28-14)8-10-3-4-13(27-10)17(23)26-2/h3-7H,8H2,1-2H3. The minimum absolute atomic E-state index is 0.0115. The van der Waals surface area contributed by atoms with Crippen LogP contribution in [-0.2, 0) is 16.1 Å². The number of furan rings is 1. The van der Waals surface area contributed by atoms with Gasteiger partial charge in [0.2, 0.25) is 5.76 Å². The molecule has 10 heteroatoms. The highest BCUT2D eigenvalue weighted by Gasteiger charge is 2.35. The van der Waals surface area contributed by atoms with Crippen LogP contribution in [0.4, 0.5) is 4.79 Å². The summed E-state index contributed by atoms with van der Waals surface area (Å²) in [5, 5.41) is 0.107. The number of carbonyl (C=O) groups excluding carboxylic acids is 3. The summed E-state index contributed by atoms with van der Waals surface area (Å²) in [5.41, 5.74) is 0.548. The van der Waals surface area contributed by atoms with Gasteiger partial charge in [0.05, 0.1) is 35.7 Å². The van der Waals surface area contributed by atoms with E-state index in [9.17, 15) is 14.4 Å². The molecule has 3 rings (SSSR count). The summed E-state index contributed by atoms with van der Waals surface area (Å²) in [7, 11) is 2.67.